The summed E-state index contributed by atoms with van der Waals surface area (Å²) in [7, 11) is 3.26. The fourth-order valence-electron chi connectivity index (χ4n) is 4.05. The number of halogens is 1. The van der Waals surface area contributed by atoms with E-state index in [2.05, 4.69) is 20.2 Å². The number of benzene rings is 1. The smallest absolute Gasteiger partial charge is 0.225 e. The minimum absolute atomic E-state index is 0.162. The first-order valence-corrected chi connectivity index (χ1v) is 11.0. The standard InChI is InChI=1S/C21H24ClN3O3S/c1-27-16-7-6-13(11-17(16)28-2)15-12-29-20-18(15)19(23-21(22)24-20)25-9-4-3-5-14(25)8-10-26/h6-7,11-12,14,26H,3-5,8-10H2,1-2H3. The molecule has 0 amide bonds. The molecule has 0 radical (unpaired) electrons. The van der Waals surface area contributed by atoms with Gasteiger partial charge in [0.1, 0.15) is 10.6 Å². The molecule has 0 bridgehead atoms. The largest absolute Gasteiger partial charge is 0.493 e. The Morgan fingerprint density at radius 3 is 2.79 bits per heavy atom. The van der Waals surface area contributed by atoms with E-state index >= 15 is 0 Å². The third kappa shape index (κ3) is 3.86. The van der Waals surface area contributed by atoms with Crippen molar-refractivity contribution in [1.82, 2.24) is 9.97 Å². The zero-order chi connectivity index (χ0) is 20.4. The molecule has 0 aliphatic carbocycles. The second-order valence-corrected chi connectivity index (χ2v) is 8.27. The number of anilines is 1. The van der Waals surface area contributed by atoms with Crippen molar-refractivity contribution in [3.63, 3.8) is 0 Å². The molecule has 0 saturated carbocycles. The number of aliphatic hydroxyl groups is 1. The van der Waals surface area contributed by atoms with Gasteiger partial charge in [0.15, 0.2) is 11.5 Å². The van der Waals surface area contributed by atoms with E-state index in [1.807, 2.05) is 18.2 Å². The molecule has 3 aromatic rings. The van der Waals surface area contributed by atoms with Crippen molar-refractivity contribution in [2.75, 3.05) is 32.3 Å². The van der Waals surface area contributed by atoms with Gasteiger partial charge in [0, 0.05) is 30.1 Å². The van der Waals surface area contributed by atoms with Crippen molar-refractivity contribution < 1.29 is 14.6 Å². The van der Waals surface area contributed by atoms with Crippen LogP contribution in [0.5, 0.6) is 11.5 Å². The molecule has 154 valence electrons. The van der Waals surface area contributed by atoms with Crippen LogP contribution < -0.4 is 14.4 Å². The lowest BCUT2D eigenvalue weighted by Gasteiger charge is -2.37. The van der Waals surface area contributed by atoms with Gasteiger partial charge in [-0.05, 0) is 55.0 Å². The molecule has 6 nitrogen and oxygen atoms in total. The van der Waals surface area contributed by atoms with Crippen LogP contribution in [0.4, 0.5) is 5.82 Å². The highest BCUT2D eigenvalue weighted by Crippen LogP contribution is 2.42. The van der Waals surface area contributed by atoms with Gasteiger partial charge in [-0.2, -0.15) is 4.98 Å². The van der Waals surface area contributed by atoms with Crippen molar-refractivity contribution >= 4 is 39.0 Å². The molecule has 4 rings (SSSR count). The van der Waals surface area contributed by atoms with Crippen LogP contribution >= 0.6 is 22.9 Å². The first kappa shape index (κ1) is 20.2. The third-order valence-electron chi connectivity index (χ3n) is 5.44. The summed E-state index contributed by atoms with van der Waals surface area (Å²) in [4.78, 5) is 12.3. The van der Waals surface area contributed by atoms with E-state index in [-0.39, 0.29) is 17.9 Å². The summed E-state index contributed by atoms with van der Waals surface area (Å²) in [5.74, 6) is 2.22. The summed E-state index contributed by atoms with van der Waals surface area (Å²) in [6.07, 6.45) is 4.02. The van der Waals surface area contributed by atoms with Crippen LogP contribution in [-0.2, 0) is 0 Å². The highest BCUT2D eigenvalue weighted by molar-refractivity contribution is 7.17. The van der Waals surface area contributed by atoms with Crippen LogP contribution in [0.2, 0.25) is 5.28 Å². The van der Waals surface area contributed by atoms with Gasteiger partial charge < -0.3 is 19.5 Å². The number of ether oxygens (including phenoxy) is 2. The summed E-state index contributed by atoms with van der Waals surface area (Å²) in [6, 6.07) is 6.15. The van der Waals surface area contributed by atoms with E-state index in [4.69, 9.17) is 21.1 Å². The van der Waals surface area contributed by atoms with Gasteiger partial charge in [0.2, 0.25) is 5.28 Å². The lowest BCUT2D eigenvalue weighted by atomic mass is 9.98. The SMILES string of the molecule is COc1ccc(-c2csc3nc(Cl)nc(N4CCCCC4CCO)c23)cc1OC. The van der Waals surface area contributed by atoms with E-state index < -0.39 is 0 Å². The van der Waals surface area contributed by atoms with Crippen LogP contribution in [0, 0.1) is 0 Å². The molecule has 1 atom stereocenters. The summed E-state index contributed by atoms with van der Waals surface area (Å²) in [5, 5.41) is 12.9. The van der Waals surface area contributed by atoms with Crippen LogP contribution in [0.15, 0.2) is 23.6 Å². The van der Waals surface area contributed by atoms with Crippen molar-refractivity contribution in [1.29, 1.82) is 0 Å². The Hall–Kier alpha value is -2.09. The van der Waals surface area contributed by atoms with Gasteiger partial charge in [-0.25, -0.2) is 4.98 Å². The molecule has 0 spiro atoms. The van der Waals surface area contributed by atoms with Gasteiger partial charge in [-0.15, -0.1) is 11.3 Å². The number of rotatable bonds is 6. The number of hydrogen-bond acceptors (Lipinski definition) is 7. The number of methoxy groups -OCH3 is 2. The van der Waals surface area contributed by atoms with Gasteiger partial charge >= 0.3 is 0 Å². The molecule has 1 saturated heterocycles. The normalized spacial score (nSPS) is 17.0. The number of aliphatic hydroxyl groups excluding tert-OH is 1. The molecule has 1 aliphatic rings. The quantitative estimate of drug-likeness (QED) is 0.565. The molecule has 29 heavy (non-hydrogen) atoms. The van der Waals surface area contributed by atoms with Crippen molar-refractivity contribution in [3.8, 4) is 22.6 Å². The van der Waals surface area contributed by atoms with Crippen LogP contribution in [0.25, 0.3) is 21.3 Å². The third-order valence-corrected chi connectivity index (χ3v) is 6.48. The number of thiophene rings is 1. The molecule has 1 aliphatic heterocycles. The van der Waals surface area contributed by atoms with E-state index in [9.17, 15) is 5.11 Å². The maximum atomic E-state index is 9.54. The maximum absolute atomic E-state index is 9.54. The molecule has 1 N–H and O–H groups in total. The molecular formula is C21H24ClN3O3S. The number of hydrogen-bond donors (Lipinski definition) is 1. The van der Waals surface area contributed by atoms with Crippen molar-refractivity contribution in [3.05, 3.63) is 28.9 Å². The van der Waals surface area contributed by atoms with Crippen LogP contribution in [0.3, 0.4) is 0 Å². The summed E-state index contributed by atoms with van der Waals surface area (Å²) < 4.78 is 10.9. The average molecular weight is 434 g/mol. The lowest BCUT2D eigenvalue weighted by Crippen LogP contribution is -2.40. The van der Waals surface area contributed by atoms with Gasteiger partial charge in [-0.1, -0.05) is 6.07 Å². The monoisotopic (exact) mass is 433 g/mol. The number of fused-ring (bicyclic) bond motifs is 1. The first-order chi connectivity index (χ1) is 14.2. The number of aromatic nitrogens is 2. The van der Waals surface area contributed by atoms with E-state index in [0.717, 1.165) is 59.4 Å². The Bertz CT molecular complexity index is 1010. The van der Waals surface area contributed by atoms with E-state index in [1.54, 1.807) is 25.6 Å². The van der Waals surface area contributed by atoms with Gasteiger partial charge in [-0.3, -0.25) is 0 Å². The van der Waals surface area contributed by atoms with Crippen LogP contribution in [-0.4, -0.2) is 48.5 Å². The molecule has 1 aromatic carbocycles. The predicted molar refractivity (Wildman–Crippen MR) is 118 cm³/mol. The zero-order valence-corrected chi connectivity index (χ0v) is 18.1. The highest BCUT2D eigenvalue weighted by atomic mass is 35.5. The molecule has 3 heterocycles. The van der Waals surface area contributed by atoms with E-state index in [0.29, 0.717) is 11.5 Å². The van der Waals surface area contributed by atoms with Crippen molar-refractivity contribution in [2.24, 2.45) is 0 Å². The van der Waals surface area contributed by atoms with E-state index in [1.165, 1.54) is 0 Å². The second kappa shape index (κ2) is 8.73. The highest BCUT2D eigenvalue weighted by Gasteiger charge is 2.27. The average Bonchev–Trinajstić information content (AvgIpc) is 3.17. The molecular weight excluding hydrogens is 410 g/mol. The summed E-state index contributed by atoms with van der Waals surface area (Å²) >= 11 is 7.84. The minimum atomic E-state index is 0.162. The maximum Gasteiger partial charge on any atom is 0.225 e. The van der Waals surface area contributed by atoms with Crippen molar-refractivity contribution in [2.45, 2.75) is 31.7 Å². The fraction of sp³-hybridized carbons (Fsp3) is 0.429. The molecule has 1 unspecified atom stereocenters. The van der Waals surface area contributed by atoms with Gasteiger partial charge in [0.05, 0.1) is 19.6 Å². The van der Waals surface area contributed by atoms with Crippen LogP contribution in [0.1, 0.15) is 25.7 Å². The first-order valence-electron chi connectivity index (χ1n) is 9.71. The summed E-state index contributed by atoms with van der Waals surface area (Å²) in [5.41, 5.74) is 2.06. The lowest BCUT2D eigenvalue weighted by molar-refractivity contribution is 0.262. The Balaban J connectivity index is 1.87. The predicted octanol–water partition coefficient (Wildman–Crippen LogP) is 4.77. The molecule has 1 fully saturated rings. The molecule has 2 aromatic heterocycles. The second-order valence-electron chi connectivity index (χ2n) is 7.07. The number of nitrogens with zero attached hydrogens (tertiary/aromatic N) is 3. The zero-order valence-electron chi connectivity index (χ0n) is 16.5. The van der Waals surface area contributed by atoms with Gasteiger partial charge in [0.25, 0.3) is 0 Å². The number of piperidine rings is 1. The Morgan fingerprint density at radius 1 is 1.21 bits per heavy atom. The Morgan fingerprint density at radius 2 is 2.03 bits per heavy atom. The molecule has 8 heteroatoms. The minimum Gasteiger partial charge on any atom is -0.493 e. The fourth-order valence-corrected chi connectivity index (χ4v) is 5.21. The Labute approximate surface area is 179 Å². The Kier molecular flexibility index (Phi) is 6.08. The topological polar surface area (TPSA) is 67.7 Å². The summed E-state index contributed by atoms with van der Waals surface area (Å²) in [6.45, 7) is 1.06.